The molecule has 25 heavy (non-hydrogen) atoms. The second-order valence-electron chi connectivity index (χ2n) is 5.56. The van der Waals surface area contributed by atoms with Crippen molar-refractivity contribution < 1.29 is 4.39 Å². The molecule has 0 bridgehead atoms. The van der Waals surface area contributed by atoms with Crippen LogP contribution in [0.15, 0.2) is 54.9 Å². The first kappa shape index (κ1) is 16.3. The number of halogens is 2. The molecule has 0 saturated carbocycles. The third kappa shape index (κ3) is 3.07. The van der Waals surface area contributed by atoms with Crippen molar-refractivity contribution in [2.75, 3.05) is 5.32 Å². The molecule has 0 unspecified atom stereocenters. The third-order valence-corrected chi connectivity index (χ3v) is 6.32. The summed E-state index contributed by atoms with van der Waals surface area (Å²) in [5, 5.41) is 4.36. The summed E-state index contributed by atoms with van der Waals surface area (Å²) in [6.45, 7) is 2.14. The van der Waals surface area contributed by atoms with Gasteiger partial charge in [-0.15, -0.1) is 0 Å². The van der Waals surface area contributed by atoms with E-state index in [1.165, 1.54) is 16.1 Å². The minimum atomic E-state index is -0.441. The molecule has 0 aliphatic carbocycles. The molecule has 4 rings (SSSR count). The number of nitrogens with one attached hydrogen (secondary N) is 1. The molecule has 1 N–H and O–H groups in total. The molecule has 4 aromatic rings. The van der Waals surface area contributed by atoms with Crippen molar-refractivity contribution in [1.29, 1.82) is 0 Å². The van der Waals surface area contributed by atoms with Crippen molar-refractivity contribution in [3.63, 3.8) is 0 Å². The summed E-state index contributed by atoms with van der Waals surface area (Å²) < 4.78 is 15.8. The quantitative estimate of drug-likeness (QED) is 0.467. The Hall–Kier alpha value is -2.20. The Balaban J connectivity index is 1.88. The van der Waals surface area contributed by atoms with Crippen molar-refractivity contribution in [2.45, 2.75) is 6.92 Å². The molecule has 124 valence electrons. The number of rotatable bonds is 3. The fourth-order valence-corrected chi connectivity index (χ4v) is 5.11. The van der Waals surface area contributed by atoms with Gasteiger partial charge in [0.05, 0.1) is 0 Å². The van der Waals surface area contributed by atoms with Gasteiger partial charge in [0, 0.05) is 0 Å². The molecule has 0 saturated heterocycles. The number of aromatic nitrogens is 2. The first-order chi connectivity index (χ1) is 12.1. The number of aryl methyl sites for hydroxylation is 1. The van der Waals surface area contributed by atoms with Crippen molar-refractivity contribution in [3.05, 3.63) is 70.1 Å². The number of benzene rings is 2. The van der Waals surface area contributed by atoms with E-state index in [4.69, 9.17) is 11.6 Å². The van der Waals surface area contributed by atoms with Crippen molar-refractivity contribution in [2.24, 2.45) is 0 Å². The SMILES string of the molecule is Cc1[se]c2ncnc(Nc3ccc(F)c(Cl)c3)c2c1-c1ccccc1. The summed E-state index contributed by atoms with van der Waals surface area (Å²) in [7, 11) is 0. The Morgan fingerprint density at radius 3 is 2.64 bits per heavy atom. The van der Waals surface area contributed by atoms with Crippen LogP contribution in [-0.2, 0) is 0 Å². The molecule has 6 heteroatoms. The molecular formula is C19H13ClFN3Se. The Kier molecular flexibility index (Phi) is 4.30. The zero-order valence-corrected chi connectivity index (χ0v) is 15.7. The number of hydrogen-bond donors (Lipinski definition) is 1. The Morgan fingerprint density at radius 1 is 1.08 bits per heavy atom. The van der Waals surface area contributed by atoms with E-state index in [0.29, 0.717) is 11.5 Å². The molecule has 0 aliphatic heterocycles. The van der Waals surface area contributed by atoms with Crippen molar-refractivity contribution in [1.82, 2.24) is 9.97 Å². The first-order valence-corrected chi connectivity index (χ1v) is 9.74. The van der Waals surface area contributed by atoms with Crippen LogP contribution < -0.4 is 5.32 Å². The van der Waals surface area contributed by atoms with Gasteiger partial charge in [0.25, 0.3) is 0 Å². The average Bonchev–Trinajstić information content (AvgIpc) is 2.96. The molecule has 2 aromatic carbocycles. The summed E-state index contributed by atoms with van der Waals surface area (Å²) >= 11 is 6.06. The Morgan fingerprint density at radius 2 is 1.88 bits per heavy atom. The molecule has 2 aromatic heterocycles. The van der Waals surface area contributed by atoms with E-state index >= 15 is 0 Å². The Bertz CT molecular complexity index is 1060. The number of hydrogen-bond acceptors (Lipinski definition) is 3. The van der Waals surface area contributed by atoms with Crippen LogP contribution in [-0.4, -0.2) is 24.5 Å². The van der Waals surface area contributed by atoms with E-state index in [-0.39, 0.29) is 19.5 Å². The van der Waals surface area contributed by atoms with E-state index in [2.05, 4.69) is 34.3 Å². The van der Waals surface area contributed by atoms with Gasteiger partial charge >= 0.3 is 155 Å². The normalized spacial score (nSPS) is 11.0. The summed E-state index contributed by atoms with van der Waals surface area (Å²) in [6.07, 6.45) is 1.56. The topological polar surface area (TPSA) is 37.8 Å². The molecule has 0 spiro atoms. The fraction of sp³-hybridized carbons (Fsp3) is 0.0526. The molecule has 0 atom stereocenters. The van der Waals surface area contributed by atoms with Gasteiger partial charge in [-0.05, 0) is 0 Å². The second kappa shape index (κ2) is 6.60. The molecular weight excluding hydrogens is 404 g/mol. The van der Waals surface area contributed by atoms with Crippen LogP contribution in [0.5, 0.6) is 0 Å². The van der Waals surface area contributed by atoms with Gasteiger partial charge < -0.3 is 0 Å². The van der Waals surface area contributed by atoms with Crippen LogP contribution >= 0.6 is 11.6 Å². The van der Waals surface area contributed by atoms with Crippen LogP contribution in [0.25, 0.3) is 20.9 Å². The number of anilines is 2. The van der Waals surface area contributed by atoms with Crippen LogP contribution in [0.4, 0.5) is 15.9 Å². The average molecular weight is 417 g/mol. The van der Waals surface area contributed by atoms with Crippen LogP contribution in [0.2, 0.25) is 5.02 Å². The van der Waals surface area contributed by atoms with Crippen LogP contribution in [0.1, 0.15) is 4.44 Å². The first-order valence-electron chi connectivity index (χ1n) is 7.65. The zero-order valence-electron chi connectivity index (χ0n) is 13.3. The third-order valence-electron chi connectivity index (χ3n) is 3.91. The van der Waals surface area contributed by atoms with E-state index in [9.17, 15) is 4.39 Å². The summed E-state index contributed by atoms with van der Waals surface area (Å²) in [4.78, 5) is 8.89. The van der Waals surface area contributed by atoms with Gasteiger partial charge in [-0.1, -0.05) is 0 Å². The maximum absolute atomic E-state index is 13.4. The monoisotopic (exact) mass is 417 g/mol. The van der Waals surface area contributed by atoms with Gasteiger partial charge in [0.2, 0.25) is 0 Å². The van der Waals surface area contributed by atoms with E-state index in [1.807, 2.05) is 18.2 Å². The number of fused-ring (bicyclic) bond motifs is 1. The van der Waals surface area contributed by atoms with E-state index < -0.39 is 5.82 Å². The molecule has 0 amide bonds. The van der Waals surface area contributed by atoms with Crippen LogP contribution in [0.3, 0.4) is 0 Å². The second-order valence-corrected chi connectivity index (χ2v) is 8.49. The van der Waals surface area contributed by atoms with Crippen LogP contribution in [0, 0.1) is 12.7 Å². The molecule has 0 fully saturated rings. The fourth-order valence-electron chi connectivity index (χ4n) is 2.80. The molecule has 3 nitrogen and oxygen atoms in total. The number of nitrogens with zero attached hydrogens (tertiary/aromatic N) is 2. The standard InChI is InChI=1S/C19H13ClFN3Se/c1-11-16(12-5-3-2-4-6-12)17-18(22-10-23-19(17)25-11)24-13-7-8-15(21)14(20)9-13/h2-10H,1H3,(H,22,23,24). The van der Waals surface area contributed by atoms with Gasteiger partial charge in [-0.3, -0.25) is 0 Å². The predicted octanol–water partition coefficient (Wildman–Crippen LogP) is 5.20. The van der Waals surface area contributed by atoms with Gasteiger partial charge in [0.1, 0.15) is 0 Å². The predicted molar refractivity (Wildman–Crippen MR) is 101 cm³/mol. The molecule has 0 aliphatic rings. The summed E-state index contributed by atoms with van der Waals surface area (Å²) in [5.74, 6) is 0.273. The van der Waals surface area contributed by atoms with Crippen molar-refractivity contribution in [3.8, 4) is 11.1 Å². The summed E-state index contributed by atoms with van der Waals surface area (Å²) in [6, 6.07) is 14.8. The van der Waals surface area contributed by atoms with Crippen molar-refractivity contribution >= 4 is 47.4 Å². The maximum atomic E-state index is 13.4. The van der Waals surface area contributed by atoms with Gasteiger partial charge in [-0.25, -0.2) is 0 Å². The van der Waals surface area contributed by atoms with Gasteiger partial charge in [-0.2, -0.15) is 0 Å². The zero-order chi connectivity index (χ0) is 17.4. The van der Waals surface area contributed by atoms with E-state index in [1.54, 1.807) is 18.5 Å². The summed E-state index contributed by atoms with van der Waals surface area (Å²) in [5.41, 5.74) is 3.01. The van der Waals surface area contributed by atoms with E-state index in [0.717, 1.165) is 15.3 Å². The minimum absolute atomic E-state index is 0.0786. The molecule has 0 radical (unpaired) electrons. The van der Waals surface area contributed by atoms with Gasteiger partial charge in [0.15, 0.2) is 0 Å². The molecule has 2 heterocycles. The Labute approximate surface area is 155 Å².